The molecule has 0 fully saturated rings. The lowest BCUT2D eigenvalue weighted by Gasteiger charge is -2.42. The van der Waals surface area contributed by atoms with Crippen LogP contribution in [0.2, 0.25) is 0 Å². The van der Waals surface area contributed by atoms with Gasteiger partial charge in [-0.1, -0.05) is 243 Å². The van der Waals surface area contributed by atoms with E-state index in [4.69, 9.17) is 36.5 Å². The van der Waals surface area contributed by atoms with Crippen LogP contribution in [0.15, 0.2) is 267 Å². The normalized spacial score (nSPS) is 13.5. The Morgan fingerprint density at radius 3 is 0.988 bits per heavy atom. The van der Waals surface area contributed by atoms with E-state index >= 15 is 0 Å². The maximum absolute atomic E-state index is 9.48. The summed E-state index contributed by atoms with van der Waals surface area (Å²) in [5.41, 5.74) is 23.1. The standard InChI is InChI=1S/C76H46N8/c1-78-58-40-36-51(37-41-58)60-19-9-13-23-66(60)76-82-72(53-16-6-3-7-17-53)80-74(84-76)55-34-30-49(31-35-55)57-39-43-64-68(45-57)70-62-21-11-10-20-61(62)69(64)67-44-56(38-42-63(67)70)48-28-32-54(33-29-48)73-79-71(52-14-4-2-5-15-52)81-75(83-73)65-22-12-8-18-59(65)50-26-24-47(46-77)25-27-50/h2-45,69-70H. The zero-order valence-corrected chi connectivity index (χ0v) is 45.1. The molecule has 0 saturated heterocycles. The molecule has 8 nitrogen and oxygen atoms in total. The summed E-state index contributed by atoms with van der Waals surface area (Å²) in [5.74, 6) is 3.67. The van der Waals surface area contributed by atoms with E-state index in [1.807, 2.05) is 146 Å². The zero-order chi connectivity index (χ0) is 56.1. The Hall–Kier alpha value is -11.6. The van der Waals surface area contributed by atoms with Gasteiger partial charge in [0, 0.05) is 45.2 Å². The van der Waals surface area contributed by atoms with Gasteiger partial charge in [-0.05, 0) is 102 Å². The molecule has 2 bridgehead atoms. The molecule has 13 aromatic rings. The number of nitriles is 1. The predicted octanol–water partition coefficient (Wildman–Crippen LogP) is 18.1. The van der Waals surface area contributed by atoms with E-state index in [9.17, 15) is 5.26 Å². The Kier molecular flexibility index (Phi) is 12.3. The van der Waals surface area contributed by atoms with Gasteiger partial charge in [-0.2, -0.15) is 5.26 Å². The number of nitrogens with zero attached hydrogens (tertiary/aromatic N) is 8. The van der Waals surface area contributed by atoms with Crippen LogP contribution in [0.25, 0.3) is 118 Å². The fraction of sp³-hybridized carbons (Fsp3) is 0.0263. The lowest BCUT2D eigenvalue weighted by Crippen LogP contribution is -2.27. The van der Waals surface area contributed by atoms with Crippen LogP contribution in [0.4, 0.5) is 5.69 Å². The van der Waals surface area contributed by atoms with E-state index < -0.39 is 0 Å². The first kappa shape index (κ1) is 49.5. The van der Waals surface area contributed by atoms with E-state index in [0.29, 0.717) is 46.2 Å². The number of hydrogen-bond donors (Lipinski definition) is 0. The van der Waals surface area contributed by atoms with Crippen molar-refractivity contribution < 1.29 is 0 Å². The molecule has 0 saturated carbocycles. The molecule has 2 aromatic heterocycles. The van der Waals surface area contributed by atoms with Crippen LogP contribution in [0.5, 0.6) is 0 Å². The first-order chi connectivity index (χ1) is 41.5. The minimum Gasteiger partial charge on any atom is -0.238 e. The van der Waals surface area contributed by atoms with E-state index in [1.165, 1.54) is 33.4 Å². The third-order valence-electron chi connectivity index (χ3n) is 16.3. The second kappa shape index (κ2) is 20.8. The van der Waals surface area contributed by atoms with Crippen LogP contribution in [0, 0.1) is 17.9 Å². The molecule has 16 rings (SSSR count). The van der Waals surface area contributed by atoms with Crippen molar-refractivity contribution in [3.8, 4) is 119 Å². The van der Waals surface area contributed by atoms with Gasteiger partial charge in [0.05, 0.1) is 18.2 Å². The highest BCUT2D eigenvalue weighted by Crippen LogP contribution is 2.57. The van der Waals surface area contributed by atoms with Crippen molar-refractivity contribution in [3.05, 3.63) is 317 Å². The highest BCUT2D eigenvalue weighted by atomic mass is 15.0. The van der Waals surface area contributed by atoms with E-state index in [-0.39, 0.29) is 11.8 Å². The number of benzene rings is 11. The minimum absolute atomic E-state index is 0.0825. The summed E-state index contributed by atoms with van der Waals surface area (Å²) in [6, 6.07) is 94.0. The molecule has 8 heteroatoms. The van der Waals surface area contributed by atoms with Gasteiger partial charge < -0.3 is 0 Å². The summed E-state index contributed by atoms with van der Waals surface area (Å²) in [5, 5.41) is 9.48. The molecule has 2 unspecified atom stereocenters. The maximum atomic E-state index is 9.48. The Labute approximate surface area is 486 Å². The fourth-order valence-corrected chi connectivity index (χ4v) is 12.2. The lowest BCUT2D eigenvalue weighted by atomic mass is 9.60. The summed E-state index contributed by atoms with van der Waals surface area (Å²) >= 11 is 0. The lowest BCUT2D eigenvalue weighted by molar-refractivity contribution is 0.755. The molecule has 0 amide bonds. The average Bonchev–Trinajstić information content (AvgIpc) is 0.858. The topological polar surface area (TPSA) is 105 Å². The van der Waals surface area contributed by atoms with E-state index in [2.05, 4.69) is 132 Å². The number of hydrogen-bond acceptors (Lipinski definition) is 7. The molecule has 2 atom stereocenters. The van der Waals surface area contributed by atoms with E-state index in [1.54, 1.807) is 0 Å². The van der Waals surface area contributed by atoms with Gasteiger partial charge in [0.1, 0.15) is 0 Å². The summed E-state index contributed by atoms with van der Waals surface area (Å²) < 4.78 is 0. The maximum Gasteiger partial charge on any atom is 0.187 e. The smallest absolute Gasteiger partial charge is 0.187 e. The molecule has 0 N–H and O–H groups in total. The van der Waals surface area contributed by atoms with E-state index in [0.717, 1.165) is 77.9 Å². The Morgan fingerprint density at radius 2 is 0.583 bits per heavy atom. The minimum atomic E-state index is 0.0825. The van der Waals surface area contributed by atoms with Gasteiger partial charge in [0.15, 0.2) is 40.6 Å². The predicted molar refractivity (Wildman–Crippen MR) is 333 cm³/mol. The molecular formula is C76H46N8. The van der Waals surface area contributed by atoms with Crippen molar-refractivity contribution in [1.29, 1.82) is 5.26 Å². The molecule has 390 valence electrons. The summed E-state index contributed by atoms with van der Waals surface area (Å²) in [6.07, 6.45) is 0. The van der Waals surface area contributed by atoms with Crippen LogP contribution < -0.4 is 0 Å². The highest BCUT2D eigenvalue weighted by Gasteiger charge is 2.41. The number of aromatic nitrogens is 6. The van der Waals surface area contributed by atoms with Gasteiger partial charge in [-0.25, -0.2) is 34.7 Å². The Morgan fingerprint density at radius 1 is 0.274 bits per heavy atom. The highest BCUT2D eigenvalue weighted by molar-refractivity contribution is 5.85. The largest absolute Gasteiger partial charge is 0.238 e. The van der Waals surface area contributed by atoms with Crippen molar-refractivity contribution in [3.63, 3.8) is 0 Å². The molecule has 0 aliphatic heterocycles. The van der Waals surface area contributed by atoms with Crippen molar-refractivity contribution in [2.75, 3.05) is 0 Å². The summed E-state index contributed by atoms with van der Waals surface area (Å²) in [7, 11) is 0. The van der Waals surface area contributed by atoms with Crippen LogP contribution in [-0.4, -0.2) is 29.9 Å². The molecule has 2 heterocycles. The molecule has 11 aromatic carbocycles. The zero-order valence-electron chi connectivity index (χ0n) is 45.1. The van der Waals surface area contributed by atoms with Gasteiger partial charge >= 0.3 is 0 Å². The van der Waals surface area contributed by atoms with Gasteiger partial charge in [0.2, 0.25) is 0 Å². The summed E-state index contributed by atoms with van der Waals surface area (Å²) in [4.78, 5) is 34.1. The Balaban J connectivity index is 0.743. The van der Waals surface area contributed by atoms with Crippen molar-refractivity contribution >= 4 is 5.69 Å². The second-order valence-corrected chi connectivity index (χ2v) is 21.1. The number of rotatable bonds is 10. The Bertz CT molecular complexity index is 4470. The molecule has 3 aliphatic rings. The molecular weight excluding hydrogens is 1020 g/mol. The van der Waals surface area contributed by atoms with Crippen LogP contribution in [0.1, 0.15) is 50.8 Å². The molecule has 84 heavy (non-hydrogen) atoms. The van der Waals surface area contributed by atoms with Crippen LogP contribution >= 0.6 is 0 Å². The monoisotopic (exact) mass is 1070 g/mol. The molecule has 3 aliphatic carbocycles. The van der Waals surface area contributed by atoms with Crippen molar-refractivity contribution in [2.45, 2.75) is 11.8 Å². The first-order valence-corrected chi connectivity index (χ1v) is 27.9. The van der Waals surface area contributed by atoms with Crippen LogP contribution in [0.3, 0.4) is 0 Å². The third-order valence-corrected chi connectivity index (χ3v) is 16.3. The quantitative estimate of drug-likeness (QED) is 0.126. The molecule has 0 radical (unpaired) electrons. The van der Waals surface area contributed by atoms with Gasteiger partial charge in [0.25, 0.3) is 0 Å². The SMILES string of the molecule is [C-]#[N+]c1ccc(-c2ccccc2-c2nc(-c3ccccc3)nc(-c3ccc(-c4ccc5c(c4)C4c6ccccc6C5c5cc(-c6ccc(-c7nc(-c8ccccc8)nc(-c8ccccc8-c8ccc(C#N)cc8)n7)cc6)ccc54)cc3)n2)cc1. The third kappa shape index (κ3) is 8.89. The van der Waals surface area contributed by atoms with Gasteiger partial charge in [-0.3, -0.25) is 0 Å². The van der Waals surface area contributed by atoms with Crippen molar-refractivity contribution in [1.82, 2.24) is 29.9 Å². The molecule has 0 spiro atoms. The summed E-state index contributed by atoms with van der Waals surface area (Å²) in [6.45, 7) is 7.47. The fourth-order valence-electron chi connectivity index (χ4n) is 12.2. The average molecular weight is 1070 g/mol. The second-order valence-electron chi connectivity index (χ2n) is 21.1. The first-order valence-electron chi connectivity index (χ1n) is 27.9. The van der Waals surface area contributed by atoms with Crippen LogP contribution in [-0.2, 0) is 0 Å². The van der Waals surface area contributed by atoms with Gasteiger partial charge in [-0.15, -0.1) is 0 Å². The van der Waals surface area contributed by atoms with Crippen molar-refractivity contribution in [2.24, 2.45) is 0 Å².